The van der Waals surface area contributed by atoms with Crippen LogP contribution in [0.3, 0.4) is 0 Å². The van der Waals surface area contributed by atoms with Crippen molar-refractivity contribution < 1.29 is 9.53 Å². The van der Waals surface area contributed by atoms with Gasteiger partial charge in [0.15, 0.2) is 0 Å². The summed E-state index contributed by atoms with van der Waals surface area (Å²) in [4.78, 5) is 35.5. The molecule has 25 heavy (non-hydrogen) atoms. The molecule has 7 heteroatoms. The van der Waals surface area contributed by atoms with Crippen LogP contribution in [0.15, 0.2) is 59.8 Å². The number of carbonyl (C=O) groups is 1. The summed E-state index contributed by atoms with van der Waals surface area (Å²) >= 11 is 0. The molecule has 0 spiro atoms. The number of amides is 1. The smallest absolute Gasteiger partial charge is 0.270 e. The Morgan fingerprint density at radius 3 is 2.76 bits per heavy atom. The fourth-order valence-corrected chi connectivity index (χ4v) is 2.63. The van der Waals surface area contributed by atoms with Crippen LogP contribution in [0.5, 0.6) is 0 Å². The second-order valence-corrected chi connectivity index (χ2v) is 5.55. The number of fused-ring (bicyclic) bond motifs is 1. The van der Waals surface area contributed by atoms with E-state index in [1.54, 1.807) is 50.8 Å². The predicted octanol–water partition coefficient (Wildman–Crippen LogP) is 1.55. The topological polar surface area (TPSA) is 76.8 Å². The van der Waals surface area contributed by atoms with Crippen molar-refractivity contribution in [3.63, 3.8) is 0 Å². The molecule has 0 aliphatic carbocycles. The van der Waals surface area contributed by atoms with Crippen LogP contribution < -0.4 is 5.56 Å². The van der Waals surface area contributed by atoms with E-state index in [1.807, 2.05) is 12.1 Å². The highest BCUT2D eigenvalue weighted by Gasteiger charge is 2.26. The van der Waals surface area contributed by atoms with Gasteiger partial charge in [0.1, 0.15) is 11.2 Å². The van der Waals surface area contributed by atoms with E-state index in [2.05, 4.69) is 9.97 Å². The average molecular weight is 338 g/mol. The van der Waals surface area contributed by atoms with E-state index in [0.29, 0.717) is 11.3 Å². The summed E-state index contributed by atoms with van der Waals surface area (Å²) in [6, 6.07) is 10.3. The fourth-order valence-electron chi connectivity index (χ4n) is 2.63. The number of methoxy groups -OCH3 is 1. The molecule has 0 N–H and O–H groups in total. The first kappa shape index (κ1) is 16.8. The van der Waals surface area contributed by atoms with Crippen molar-refractivity contribution in [3.05, 3.63) is 76.6 Å². The Labute approximate surface area is 144 Å². The molecule has 0 saturated heterocycles. The number of aromatic nitrogens is 3. The third-order valence-electron chi connectivity index (χ3n) is 3.99. The maximum atomic E-state index is 12.9. The quantitative estimate of drug-likeness (QED) is 0.705. The molecule has 1 atom stereocenters. The minimum atomic E-state index is -0.427. The van der Waals surface area contributed by atoms with Gasteiger partial charge in [-0.1, -0.05) is 12.1 Å². The van der Waals surface area contributed by atoms with Crippen molar-refractivity contribution >= 4 is 11.6 Å². The van der Waals surface area contributed by atoms with Crippen LogP contribution in [0.4, 0.5) is 0 Å². The Morgan fingerprint density at radius 1 is 1.24 bits per heavy atom. The normalized spacial score (nSPS) is 12.1. The number of carbonyl (C=O) groups excluding carboxylic acids is 1. The Hall–Kier alpha value is -3.06. The van der Waals surface area contributed by atoms with Crippen LogP contribution in [0.2, 0.25) is 0 Å². The third-order valence-corrected chi connectivity index (χ3v) is 3.99. The SMILES string of the molecule is COCC(c1ccccn1)N(C)C(=O)c1cnc2ccccn2c1=O. The molecular formula is C18H18N4O3. The molecule has 3 rings (SSSR count). The van der Waals surface area contributed by atoms with Gasteiger partial charge in [0.05, 0.1) is 18.3 Å². The molecule has 1 unspecified atom stereocenters. The van der Waals surface area contributed by atoms with E-state index >= 15 is 0 Å². The molecule has 0 bridgehead atoms. The minimum Gasteiger partial charge on any atom is -0.382 e. The second-order valence-electron chi connectivity index (χ2n) is 5.55. The molecule has 0 aromatic carbocycles. The van der Waals surface area contributed by atoms with Crippen molar-refractivity contribution in [3.8, 4) is 0 Å². The summed E-state index contributed by atoms with van der Waals surface area (Å²) in [5.41, 5.74) is 0.779. The minimum absolute atomic E-state index is 0.00299. The first-order valence-corrected chi connectivity index (χ1v) is 7.77. The Kier molecular flexibility index (Phi) is 4.85. The van der Waals surface area contributed by atoms with Crippen molar-refractivity contribution in [1.82, 2.24) is 19.3 Å². The van der Waals surface area contributed by atoms with Crippen molar-refractivity contribution in [2.24, 2.45) is 0 Å². The summed E-state index contributed by atoms with van der Waals surface area (Å²) in [7, 11) is 3.18. The van der Waals surface area contributed by atoms with E-state index in [-0.39, 0.29) is 12.2 Å². The molecule has 128 valence electrons. The zero-order valence-corrected chi connectivity index (χ0v) is 14.0. The summed E-state index contributed by atoms with van der Waals surface area (Å²) < 4.78 is 6.59. The summed E-state index contributed by atoms with van der Waals surface area (Å²) in [5, 5.41) is 0. The van der Waals surface area contributed by atoms with Crippen LogP contribution in [-0.2, 0) is 4.74 Å². The van der Waals surface area contributed by atoms with Crippen LogP contribution >= 0.6 is 0 Å². The number of ether oxygens (including phenoxy) is 1. The van der Waals surface area contributed by atoms with E-state index in [9.17, 15) is 9.59 Å². The molecule has 0 aliphatic rings. The molecule has 7 nitrogen and oxygen atoms in total. The Bertz CT molecular complexity index is 940. The first-order chi connectivity index (χ1) is 12.1. The number of nitrogens with zero attached hydrogens (tertiary/aromatic N) is 4. The first-order valence-electron chi connectivity index (χ1n) is 7.77. The van der Waals surface area contributed by atoms with E-state index in [0.717, 1.165) is 0 Å². The molecule has 1 amide bonds. The third kappa shape index (κ3) is 3.27. The van der Waals surface area contributed by atoms with Crippen LogP contribution in [-0.4, -0.2) is 45.9 Å². The van der Waals surface area contributed by atoms with Crippen LogP contribution in [0.25, 0.3) is 5.65 Å². The van der Waals surface area contributed by atoms with Crippen LogP contribution in [0, 0.1) is 0 Å². The monoisotopic (exact) mass is 338 g/mol. The highest BCUT2D eigenvalue weighted by atomic mass is 16.5. The highest BCUT2D eigenvalue weighted by Crippen LogP contribution is 2.19. The lowest BCUT2D eigenvalue weighted by Gasteiger charge is -2.27. The van der Waals surface area contributed by atoms with Crippen LogP contribution in [0.1, 0.15) is 22.1 Å². The number of likely N-dealkylation sites (N-methyl/N-ethyl adjacent to an activating group) is 1. The lowest BCUT2D eigenvalue weighted by Crippen LogP contribution is -2.37. The van der Waals surface area contributed by atoms with Crippen molar-refractivity contribution in [2.45, 2.75) is 6.04 Å². The predicted molar refractivity (Wildman–Crippen MR) is 92.4 cm³/mol. The van der Waals surface area contributed by atoms with Gasteiger partial charge in [-0.05, 0) is 24.3 Å². The molecule has 0 saturated carbocycles. The van der Waals surface area contributed by atoms with Gasteiger partial charge in [0.25, 0.3) is 11.5 Å². The molecular weight excluding hydrogens is 320 g/mol. The molecule has 0 radical (unpaired) electrons. The van der Waals surface area contributed by atoms with Gasteiger partial charge in [-0.25, -0.2) is 4.98 Å². The van der Waals surface area contributed by atoms with Gasteiger partial charge in [0.2, 0.25) is 0 Å². The molecule has 0 fully saturated rings. The lowest BCUT2D eigenvalue weighted by atomic mass is 10.1. The fraction of sp³-hybridized carbons (Fsp3) is 0.222. The molecule has 3 aromatic heterocycles. The summed E-state index contributed by atoms with van der Waals surface area (Å²) in [6.45, 7) is 0.265. The molecule has 3 aromatic rings. The molecule has 0 aliphatic heterocycles. The van der Waals surface area contributed by atoms with Crippen molar-refractivity contribution in [2.75, 3.05) is 20.8 Å². The maximum absolute atomic E-state index is 12.9. The zero-order chi connectivity index (χ0) is 17.8. The number of pyridine rings is 2. The van der Waals surface area contributed by atoms with Gasteiger partial charge in [-0.3, -0.25) is 19.0 Å². The number of hydrogen-bond donors (Lipinski definition) is 0. The average Bonchev–Trinajstić information content (AvgIpc) is 2.66. The van der Waals surface area contributed by atoms with Gasteiger partial charge in [0, 0.05) is 32.7 Å². The van der Waals surface area contributed by atoms with E-state index in [1.165, 1.54) is 15.5 Å². The largest absolute Gasteiger partial charge is 0.382 e. The number of rotatable bonds is 5. The summed E-state index contributed by atoms with van der Waals surface area (Å²) in [5.74, 6) is -0.427. The van der Waals surface area contributed by atoms with Crippen molar-refractivity contribution in [1.29, 1.82) is 0 Å². The summed E-state index contributed by atoms with van der Waals surface area (Å²) in [6.07, 6.45) is 4.56. The van der Waals surface area contributed by atoms with Gasteiger partial charge >= 0.3 is 0 Å². The van der Waals surface area contributed by atoms with E-state index in [4.69, 9.17) is 4.74 Å². The lowest BCUT2D eigenvalue weighted by molar-refractivity contribution is 0.0593. The maximum Gasteiger partial charge on any atom is 0.270 e. The van der Waals surface area contributed by atoms with E-state index < -0.39 is 17.5 Å². The highest BCUT2D eigenvalue weighted by molar-refractivity contribution is 5.93. The zero-order valence-electron chi connectivity index (χ0n) is 14.0. The molecule has 3 heterocycles. The number of hydrogen-bond acceptors (Lipinski definition) is 5. The second kappa shape index (κ2) is 7.23. The Morgan fingerprint density at radius 2 is 2.04 bits per heavy atom. The van der Waals surface area contributed by atoms with Gasteiger partial charge in [-0.15, -0.1) is 0 Å². The van der Waals surface area contributed by atoms with Gasteiger partial charge < -0.3 is 9.64 Å². The standard InChI is InChI=1S/C18H18N4O3/c1-21(15(12-25-2)14-7-3-5-9-19-14)17(23)13-11-20-16-8-4-6-10-22(16)18(13)24/h3-11,15H,12H2,1-2H3. The van der Waals surface area contributed by atoms with Gasteiger partial charge in [-0.2, -0.15) is 0 Å². The Balaban J connectivity index is 1.99.